The van der Waals surface area contributed by atoms with E-state index in [1.165, 1.54) is 41.7 Å². The smallest absolute Gasteiger partial charge is 0.335 e. The lowest BCUT2D eigenvalue weighted by Crippen LogP contribution is -2.42. The van der Waals surface area contributed by atoms with Gasteiger partial charge in [0.05, 0.1) is 21.8 Å². The number of rotatable bonds is 8. The van der Waals surface area contributed by atoms with Crippen molar-refractivity contribution in [3.8, 4) is 11.4 Å². The van der Waals surface area contributed by atoms with Crippen LogP contribution in [-0.2, 0) is 6.54 Å². The van der Waals surface area contributed by atoms with Crippen LogP contribution in [0.3, 0.4) is 0 Å². The summed E-state index contributed by atoms with van der Waals surface area (Å²) in [6.45, 7) is 1.81. The van der Waals surface area contributed by atoms with Crippen molar-refractivity contribution in [2.45, 2.75) is 13.5 Å². The Labute approximate surface area is 241 Å². The second-order valence-electron chi connectivity index (χ2n) is 8.80. The topological polar surface area (TPSA) is 131 Å². The van der Waals surface area contributed by atoms with Crippen LogP contribution in [0.15, 0.2) is 99.8 Å². The molecule has 42 heavy (non-hydrogen) atoms. The van der Waals surface area contributed by atoms with Gasteiger partial charge in [0.2, 0.25) is 0 Å². The highest BCUT2D eigenvalue weighted by molar-refractivity contribution is 7.10. The molecule has 5 rings (SSSR count). The molecule has 10 nitrogen and oxygen atoms in total. The number of hydrogen-bond acceptors (Lipinski definition) is 8. The van der Waals surface area contributed by atoms with E-state index in [1.807, 2.05) is 0 Å². The number of allylic oxidation sites excluding steroid dienone is 3. The Hall–Kier alpha value is -5.43. The van der Waals surface area contributed by atoms with Crippen molar-refractivity contribution in [1.29, 1.82) is 5.41 Å². The lowest BCUT2D eigenvalue weighted by atomic mass is 10.1. The number of dihydropyridines is 1. The third-order valence-corrected chi connectivity index (χ3v) is 6.96. The van der Waals surface area contributed by atoms with E-state index >= 15 is 4.39 Å². The van der Waals surface area contributed by atoms with E-state index in [1.54, 1.807) is 30.9 Å². The number of carbonyl (C=O) groups is 1. The van der Waals surface area contributed by atoms with Crippen molar-refractivity contribution in [3.63, 3.8) is 0 Å². The Morgan fingerprint density at radius 3 is 2.64 bits per heavy atom. The van der Waals surface area contributed by atoms with Crippen LogP contribution in [0.25, 0.3) is 11.3 Å². The maximum Gasteiger partial charge on any atom is 0.335 e. The summed E-state index contributed by atoms with van der Waals surface area (Å²) in [6.07, 6.45) is 8.72. The molecule has 212 valence electrons. The fourth-order valence-corrected chi connectivity index (χ4v) is 4.68. The van der Waals surface area contributed by atoms with Crippen LogP contribution in [0, 0.1) is 17.0 Å². The predicted molar refractivity (Wildman–Crippen MR) is 155 cm³/mol. The van der Waals surface area contributed by atoms with Crippen molar-refractivity contribution in [2.75, 3.05) is 5.32 Å². The summed E-state index contributed by atoms with van der Waals surface area (Å²) in [5.74, 6) is -2.13. The Morgan fingerprint density at radius 1 is 1.19 bits per heavy atom. The molecule has 2 aromatic carbocycles. The minimum absolute atomic E-state index is 0.0306. The van der Waals surface area contributed by atoms with Gasteiger partial charge in [-0.05, 0) is 55.5 Å². The molecule has 0 radical (unpaired) electrons. The molecule has 13 heteroatoms. The first kappa shape index (κ1) is 28.1. The summed E-state index contributed by atoms with van der Waals surface area (Å²) in [6, 6.07) is 8.42. The highest BCUT2D eigenvalue weighted by atomic mass is 32.1. The Kier molecular flexibility index (Phi) is 8.02. The number of carbonyl (C=O) groups excluding carboxylic acids is 1. The number of anilines is 1. The molecule has 0 fully saturated rings. The lowest BCUT2D eigenvalue weighted by Gasteiger charge is -2.19. The van der Waals surface area contributed by atoms with Gasteiger partial charge in [-0.2, -0.15) is 0 Å². The van der Waals surface area contributed by atoms with E-state index in [0.29, 0.717) is 5.70 Å². The number of benzene rings is 2. The molecule has 0 saturated heterocycles. The van der Waals surface area contributed by atoms with Crippen LogP contribution in [0.2, 0.25) is 0 Å². The summed E-state index contributed by atoms with van der Waals surface area (Å²) < 4.78 is 36.3. The normalized spacial score (nSPS) is 13.6. The molecule has 0 saturated carbocycles. The summed E-state index contributed by atoms with van der Waals surface area (Å²) in [5, 5.41) is 12.9. The van der Waals surface area contributed by atoms with E-state index in [0.717, 1.165) is 50.2 Å². The number of aryl methyl sites for hydroxylation is 1. The first-order chi connectivity index (χ1) is 20.3. The van der Waals surface area contributed by atoms with E-state index in [2.05, 4.69) is 15.6 Å². The first-order valence-corrected chi connectivity index (χ1v) is 13.4. The molecular weight excluding hydrogens is 566 g/mol. The molecule has 3 heterocycles. The molecule has 0 bridgehead atoms. The molecule has 1 aliphatic heterocycles. The van der Waals surface area contributed by atoms with Crippen molar-refractivity contribution >= 4 is 34.7 Å². The van der Waals surface area contributed by atoms with Gasteiger partial charge >= 0.3 is 5.69 Å². The van der Waals surface area contributed by atoms with Gasteiger partial charge < -0.3 is 20.8 Å². The van der Waals surface area contributed by atoms with Crippen LogP contribution in [0.4, 0.5) is 14.5 Å². The average molecular weight is 589 g/mol. The molecule has 0 spiro atoms. The predicted octanol–water partition coefficient (Wildman–Crippen LogP) is 4.45. The largest absolute Gasteiger partial charge is 0.452 e. The van der Waals surface area contributed by atoms with E-state index < -0.39 is 28.8 Å². The number of nitrogens with one attached hydrogen (secondary N) is 3. The Balaban J connectivity index is 1.41. The van der Waals surface area contributed by atoms with Crippen LogP contribution < -0.4 is 26.6 Å². The van der Waals surface area contributed by atoms with Crippen molar-refractivity contribution < 1.29 is 18.3 Å². The SMILES string of the molecule is CCn1cc(C(=O)Nc2ccc(OC3=CC(c4cncs4)=CN/C3=C\C=N)c(F)c2)c(=O)n(-c2ccc(F)cc2)c1=O. The number of halogens is 2. The molecule has 0 unspecified atom stereocenters. The standard InChI is InChI=1S/C29H22F2N6O4S/c1-2-36-15-21(28(39)37(29(36)40)20-6-3-18(30)4-7-20)27(38)35-19-5-8-24(22(31)12-19)41-25-11-17(26-14-33-16-42-26)13-34-23(25)9-10-32/h3-16,32,34H,2H2,1H3,(H,35,38)/b23-9-,32-10?. The van der Waals surface area contributed by atoms with Gasteiger partial charge in [0.15, 0.2) is 17.3 Å². The molecule has 0 aliphatic carbocycles. The molecule has 4 aromatic rings. The minimum atomic E-state index is -0.915. The van der Waals surface area contributed by atoms with Gasteiger partial charge in [0.1, 0.15) is 11.4 Å². The zero-order valence-electron chi connectivity index (χ0n) is 21.9. The third kappa shape index (κ3) is 5.71. The monoisotopic (exact) mass is 588 g/mol. The average Bonchev–Trinajstić information content (AvgIpc) is 3.52. The summed E-state index contributed by atoms with van der Waals surface area (Å²) in [5.41, 5.74) is 0.988. The molecule has 2 aromatic heterocycles. The highest BCUT2D eigenvalue weighted by Crippen LogP contribution is 2.30. The lowest BCUT2D eigenvalue weighted by molar-refractivity contribution is 0.102. The van der Waals surface area contributed by atoms with Gasteiger partial charge in [-0.1, -0.05) is 0 Å². The summed E-state index contributed by atoms with van der Waals surface area (Å²) in [4.78, 5) is 44.0. The Morgan fingerprint density at radius 2 is 1.98 bits per heavy atom. The van der Waals surface area contributed by atoms with E-state index in [4.69, 9.17) is 10.1 Å². The van der Waals surface area contributed by atoms with E-state index in [-0.39, 0.29) is 35.0 Å². The highest BCUT2D eigenvalue weighted by Gasteiger charge is 2.20. The fourth-order valence-electron chi connectivity index (χ4n) is 4.07. The van der Waals surface area contributed by atoms with E-state index in [9.17, 15) is 18.8 Å². The van der Waals surface area contributed by atoms with Gasteiger partial charge in [0.25, 0.3) is 11.5 Å². The van der Waals surface area contributed by atoms with Crippen molar-refractivity contribution in [2.24, 2.45) is 0 Å². The summed E-state index contributed by atoms with van der Waals surface area (Å²) >= 11 is 1.41. The zero-order chi connectivity index (χ0) is 29.8. The van der Waals surface area contributed by atoms with Crippen LogP contribution in [-0.4, -0.2) is 26.2 Å². The second-order valence-corrected chi connectivity index (χ2v) is 9.68. The zero-order valence-corrected chi connectivity index (χ0v) is 22.7. The number of hydrogen-bond donors (Lipinski definition) is 3. The molecule has 1 amide bonds. The van der Waals surface area contributed by atoms with Gasteiger partial charge in [-0.15, -0.1) is 11.3 Å². The number of thiazole rings is 1. The minimum Gasteiger partial charge on any atom is -0.452 e. The first-order valence-electron chi connectivity index (χ1n) is 12.5. The second kappa shape index (κ2) is 12.0. The number of ether oxygens (including phenoxy) is 1. The molecule has 1 aliphatic rings. The quantitative estimate of drug-likeness (QED) is 0.261. The van der Waals surface area contributed by atoms with Crippen molar-refractivity contribution in [1.82, 2.24) is 19.4 Å². The van der Waals surface area contributed by atoms with Crippen LogP contribution in [0.1, 0.15) is 22.2 Å². The summed E-state index contributed by atoms with van der Waals surface area (Å²) in [7, 11) is 0. The fraction of sp³-hybridized carbons (Fsp3) is 0.0690. The van der Waals surface area contributed by atoms with Crippen LogP contribution in [0.5, 0.6) is 5.75 Å². The van der Waals surface area contributed by atoms with Gasteiger partial charge in [-0.3, -0.25) is 19.1 Å². The number of amides is 1. The number of nitrogens with zero attached hydrogens (tertiary/aromatic N) is 3. The maximum absolute atomic E-state index is 15.2. The number of aromatic nitrogens is 3. The van der Waals surface area contributed by atoms with Gasteiger partial charge in [0, 0.05) is 48.7 Å². The molecule has 0 atom stereocenters. The molecule has 3 N–H and O–H groups in total. The van der Waals surface area contributed by atoms with Crippen molar-refractivity contribution in [3.05, 3.63) is 133 Å². The van der Waals surface area contributed by atoms with Crippen LogP contribution >= 0.6 is 11.3 Å². The van der Waals surface area contributed by atoms with Gasteiger partial charge in [-0.25, -0.2) is 18.1 Å². The Bertz CT molecular complexity index is 1890. The third-order valence-electron chi connectivity index (χ3n) is 6.14. The molecular formula is C29H22F2N6O4S. The maximum atomic E-state index is 15.2.